The van der Waals surface area contributed by atoms with Crippen molar-refractivity contribution < 1.29 is 10.2 Å². The van der Waals surface area contributed by atoms with E-state index >= 15 is 0 Å². The molecule has 0 heterocycles. The Balaban J connectivity index is 0.00000102. The molecule has 0 aliphatic heterocycles. The zero-order valence-electron chi connectivity index (χ0n) is 18.9. The summed E-state index contributed by atoms with van der Waals surface area (Å²) in [5, 5.41) is 21.6. The van der Waals surface area contributed by atoms with Crippen LogP contribution in [0, 0.1) is 39.9 Å². The van der Waals surface area contributed by atoms with Crippen molar-refractivity contribution in [2.24, 2.45) is 39.9 Å². The number of hydrogen-bond donors (Lipinski definition) is 2. The number of fused-ring (bicyclic) bond motifs is 5. The van der Waals surface area contributed by atoms with Crippen LogP contribution in [-0.4, -0.2) is 22.4 Å². The molecule has 0 aromatic rings. The molecule has 27 heavy (non-hydrogen) atoms. The topological polar surface area (TPSA) is 40.5 Å². The molecule has 4 aliphatic rings. The summed E-state index contributed by atoms with van der Waals surface area (Å²) in [6, 6.07) is 0. The molecule has 2 nitrogen and oxygen atoms in total. The van der Waals surface area contributed by atoms with Crippen LogP contribution >= 0.6 is 0 Å². The molecule has 0 aromatic heterocycles. The standard InChI is InChI=1S/C23H40O2.C2H6/c1-5-6-15-7-8-17-20-18(10-11-22(15,17)3)23(4)12-9-16(24)13-21(23,2)14-19(20)25;1-2/h15-20,24-25H,5-14H2,1-4H3;1-2H3. The summed E-state index contributed by atoms with van der Waals surface area (Å²) < 4.78 is 0. The maximum Gasteiger partial charge on any atom is 0.0579 e. The van der Waals surface area contributed by atoms with E-state index in [9.17, 15) is 10.2 Å². The quantitative estimate of drug-likeness (QED) is 0.601. The highest BCUT2D eigenvalue weighted by atomic mass is 16.3. The molecule has 2 N–H and O–H groups in total. The number of aliphatic hydroxyl groups is 2. The Morgan fingerprint density at radius 1 is 0.852 bits per heavy atom. The molecular formula is C25H46O2. The molecule has 9 unspecified atom stereocenters. The summed E-state index contributed by atoms with van der Waals surface area (Å²) in [4.78, 5) is 0. The predicted molar refractivity (Wildman–Crippen MR) is 113 cm³/mol. The monoisotopic (exact) mass is 378 g/mol. The van der Waals surface area contributed by atoms with Gasteiger partial charge in [0.25, 0.3) is 0 Å². The third kappa shape index (κ3) is 3.12. The van der Waals surface area contributed by atoms with E-state index in [1.165, 1.54) is 38.5 Å². The Morgan fingerprint density at radius 2 is 1.56 bits per heavy atom. The Kier molecular flexibility index (Phi) is 6.11. The van der Waals surface area contributed by atoms with Gasteiger partial charge >= 0.3 is 0 Å². The highest BCUT2D eigenvalue weighted by Gasteiger charge is 2.65. The molecule has 4 rings (SSSR count). The SMILES string of the molecule is CC.CCCC1CCC2C3C(O)CC4(C)CC(O)CCC4(C)C3CCC12C. The Hall–Kier alpha value is -0.0800. The van der Waals surface area contributed by atoms with Crippen molar-refractivity contribution >= 4 is 0 Å². The average molecular weight is 379 g/mol. The zero-order chi connectivity index (χ0) is 20.0. The van der Waals surface area contributed by atoms with E-state index in [1.807, 2.05) is 13.8 Å². The molecule has 0 bridgehead atoms. The summed E-state index contributed by atoms with van der Waals surface area (Å²) in [5.74, 6) is 2.78. The molecule has 0 aromatic carbocycles. The molecule has 2 heteroatoms. The Bertz CT molecular complexity index is 518. The van der Waals surface area contributed by atoms with Crippen LogP contribution in [0.1, 0.15) is 106 Å². The van der Waals surface area contributed by atoms with Crippen molar-refractivity contribution in [1.29, 1.82) is 0 Å². The molecule has 0 saturated heterocycles. The Labute approximate surface area is 168 Å². The lowest BCUT2D eigenvalue weighted by Crippen LogP contribution is -2.62. The van der Waals surface area contributed by atoms with Crippen LogP contribution in [0.5, 0.6) is 0 Å². The van der Waals surface area contributed by atoms with Crippen LogP contribution in [-0.2, 0) is 0 Å². The van der Waals surface area contributed by atoms with Gasteiger partial charge in [0.2, 0.25) is 0 Å². The molecule has 0 radical (unpaired) electrons. The van der Waals surface area contributed by atoms with E-state index in [2.05, 4.69) is 27.7 Å². The molecule has 4 fully saturated rings. The number of rotatable bonds is 2. The lowest BCUT2D eigenvalue weighted by Gasteiger charge is -2.66. The highest BCUT2D eigenvalue weighted by molar-refractivity contribution is 5.14. The summed E-state index contributed by atoms with van der Waals surface area (Å²) in [5.41, 5.74) is 0.886. The van der Waals surface area contributed by atoms with Crippen molar-refractivity contribution in [1.82, 2.24) is 0 Å². The van der Waals surface area contributed by atoms with E-state index in [-0.39, 0.29) is 17.6 Å². The van der Waals surface area contributed by atoms with E-state index in [0.29, 0.717) is 22.7 Å². The second-order valence-electron chi connectivity index (χ2n) is 11.0. The Morgan fingerprint density at radius 3 is 2.22 bits per heavy atom. The van der Waals surface area contributed by atoms with E-state index < -0.39 is 0 Å². The van der Waals surface area contributed by atoms with Gasteiger partial charge in [-0.3, -0.25) is 0 Å². The molecular weight excluding hydrogens is 332 g/mol. The fourth-order valence-corrected chi connectivity index (χ4v) is 8.58. The van der Waals surface area contributed by atoms with Gasteiger partial charge in [-0.25, -0.2) is 0 Å². The smallest absolute Gasteiger partial charge is 0.0579 e. The summed E-state index contributed by atoms with van der Waals surface area (Å²) in [6.45, 7) is 13.8. The van der Waals surface area contributed by atoms with Crippen molar-refractivity contribution in [3.05, 3.63) is 0 Å². The van der Waals surface area contributed by atoms with Crippen LogP contribution in [0.15, 0.2) is 0 Å². The second-order valence-corrected chi connectivity index (χ2v) is 11.0. The number of aliphatic hydroxyl groups excluding tert-OH is 2. The highest BCUT2D eigenvalue weighted by Crippen LogP contribution is 2.70. The maximum absolute atomic E-state index is 11.3. The lowest BCUT2D eigenvalue weighted by atomic mass is 9.39. The minimum atomic E-state index is -0.156. The van der Waals surface area contributed by atoms with Crippen molar-refractivity contribution in [2.75, 3.05) is 0 Å². The van der Waals surface area contributed by atoms with Crippen LogP contribution in [0.4, 0.5) is 0 Å². The predicted octanol–water partition coefficient (Wildman–Crippen LogP) is 6.19. The first-order valence-electron chi connectivity index (χ1n) is 12.1. The van der Waals surface area contributed by atoms with Gasteiger partial charge in [0.1, 0.15) is 0 Å². The van der Waals surface area contributed by atoms with E-state index in [1.54, 1.807) is 0 Å². The fraction of sp³-hybridized carbons (Fsp3) is 1.00. The maximum atomic E-state index is 11.3. The van der Waals surface area contributed by atoms with Gasteiger partial charge in [-0.1, -0.05) is 54.4 Å². The summed E-state index contributed by atoms with van der Waals surface area (Å²) >= 11 is 0. The first-order valence-corrected chi connectivity index (χ1v) is 12.1. The third-order valence-electron chi connectivity index (χ3n) is 10.2. The van der Waals surface area contributed by atoms with Crippen molar-refractivity contribution in [2.45, 2.75) is 118 Å². The van der Waals surface area contributed by atoms with Crippen LogP contribution in [0.3, 0.4) is 0 Å². The van der Waals surface area contributed by atoms with E-state index in [0.717, 1.165) is 37.5 Å². The zero-order valence-corrected chi connectivity index (χ0v) is 18.9. The fourth-order valence-electron chi connectivity index (χ4n) is 8.58. The minimum Gasteiger partial charge on any atom is -0.393 e. The van der Waals surface area contributed by atoms with E-state index in [4.69, 9.17) is 0 Å². The summed E-state index contributed by atoms with van der Waals surface area (Å²) in [6.07, 6.45) is 11.7. The molecule has 4 saturated carbocycles. The first-order chi connectivity index (χ1) is 12.7. The molecule has 158 valence electrons. The van der Waals surface area contributed by atoms with Crippen LogP contribution in [0.25, 0.3) is 0 Å². The second kappa shape index (κ2) is 7.63. The molecule has 9 atom stereocenters. The van der Waals surface area contributed by atoms with Gasteiger partial charge in [-0.15, -0.1) is 0 Å². The molecule has 0 amide bonds. The van der Waals surface area contributed by atoms with Gasteiger partial charge in [0, 0.05) is 0 Å². The minimum absolute atomic E-state index is 0.112. The molecule has 0 spiro atoms. The third-order valence-corrected chi connectivity index (χ3v) is 10.2. The lowest BCUT2D eigenvalue weighted by molar-refractivity contribution is -0.209. The largest absolute Gasteiger partial charge is 0.393 e. The van der Waals surface area contributed by atoms with Crippen LogP contribution in [0.2, 0.25) is 0 Å². The average Bonchev–Trinajstić information content (AvgIpc) is 2.95. The number of hydrogen-bond acceptors (Lipinski definition) is 2. The normalized spacial score (nSPS) is 54.2. The van der Waals surface area contributed by atoms with Crippen molar-refractivity contribution in [3.8, 4) is 0 Å². The first kappa shape index (κ1) is 21.6. The van der Waals surface area contributed by atoms with Gasteiger partial charge in [-0.2, -0.15) is 0 Å². The van der Waals surface area contributed by atoms with Crippen LogP contribution < -0.4 is 0 Å². The van der Waals surface area contributed by atoms with Gasteiger partial charge in [-0.05, 0) is 91.3 Å². The van der Waals surface area contributed by atoms with Gasteiger partial charge in [0.15, 0.2) is 0 Å². The summed E-state index contributed by atoms with van der Waals surface area (Å²) in [7, 11) is 0. The van der Waals surface area contributed by atoms with Crippen molar-refractivity contribution in [3.63, 3.8) is 0 Å². The molecule has 4 aliphatic carbocycles. The van der Waals surface area contributed by atoms with Gasteiger partial charge in [0.05, 0.1) is 12.2 Å². The van der Waals surface area contributed by atoms with Gasteiger partial charge < -0.3 is 10.2 Å².